The highest BCUT2D eigenvalue weighted by atomic mass is 35.7. The van der Waals surface area contributed by atoms with Crippen molar-refractivity contribution in [3.05, 3.63) is 0 Å². The second kappa shape index (κ2) is 10.9. The van der Waals surface area contributed by atoms with Gasteiger partial charge in [0.15, 0.2) is 0 Å². The fraction of sp³-hybridized carbons (Fsp3) is 1.00. The van der Waals surface area contributed by atoms with E-state index in [2.05, 4.69) is 6.92 Å². The highest BCUT2D eigenvalue weighted by molar-refractivity contribution is 7.33. The van der Waals surface area contributed by atoms with Crippen molar-refractivity contribution >= 4 is 29.6 Å². The standard InChI is InChI=1S/C10H21Cl2Si/c1-2-3-4-5-6-7-8-9-10-13(11)12/h2-10H2,1H3. The molecule has 0 aliphatic carbocycles. The van der Waals surface area contributed by atoms with Crippen molar-refractivity contribution < 1.29 is 0 Å². The lowest BCUT2D eigenvalue weighted by Gasteiger charge is -2.00. The lowest BCUT2D eigenvalue weighted by Crippen LogP contribution is -1.90. The summed E-state index contributed by atoms with van der Waals surface area (Å²) in [6.45, 7) is 2.25. The highest BCUT2D eigenvalue weighted by Crippen LogP contribution is 2.13. The van der Waals surface area contributed by atoms with Gasteiger partial charge in [0.1, 0.15) is 0 Å². The third kappa shape index (κ3) is 12.8. The van der Waals surface area contributed by atoms with E-state index >= 15 is 0 Å². The maximum absolute atomic E-state index is 5.73. The number of unbranched alkanes of at least 4 members (excludes halogenated alkanes) is 7. The highest BCUT2D eigenvalue weighted by Gasteiger charge is 2.01. The van der Waals surface area contributed by atoms with Crippen LogP contribution in [0.4, 0.5) is 0 Å². The molecule has 0 heterocycles. The first-order valence-corrected chi connectivity index (χ1v) is 9.17. The van der Waals surface area contributed by atoms with Crippen LogP contribution in [0, 0.1) is 0 Å². The Labute approximate surface area is 94.0 Å². The van der Waals surface area contributed by atoms with Crippen LogP contribution in [0.5, 0.6) is 0 Å². The van der Waals surface area contributed by atoms with E-state index in [-0.39, 0.29) is 0 Å². The van der Waals surface area contributed by atoms with E-state index < -0.39 is 7.42 Å². The number of hydrogen-bond acceptors (Lipinski definition) is 0. The molecule has 0 N–H and O–H groups in total. The van der Waals surface area contributed by atoms with Gasteiger partial charge in [-0.3, -0.25) is 0 Å². The summed E-state index contributed by atoms with van der Waals surface area (Å²) in [5, 5.41) is 0. The number of rotatable bonds is 9. The van der Waals surface area contributed by atoms with E-state index in [1.807, 2.05) is 0 Å². The normalized spacial score (nSPS) is 11.1. The Morgan fingerprint density at radius 1 is 0.769 bits per heavy atom. The molecule has 0 fully saturated rings. The predicted molar refractivity (Wildman–Crippen MR) is 64.9 cm³/mol. The Balaban J connectivity index is 2.84. The van der Waals surface area contributed by atoms with Gasteiger partial charge in [0, 0.05) is 0 Å². The van der Waals surface area contributed by atoms with Crippen molar-refractivity contribution in [2.75, 3.05) is 0 Å². The molecule has 0 aromatic carbocycles. The van der Waals surface area contributed by atoms with Gasteiger partial charge in [0.25, 0.3) is 7.42 Å². The first-order valence-electron chi connectivity index (χ1n) is 5.44. The molecule has 0 aliphatic heterocycles. The summed E-state index contributed by atoms with van der Waals surface area (Å²) < 4.78 is 0. The summed E-state index contributed by atoms with van der Waals surface area (Å²) in [4.78, 5) is 0. The summed E-state index contributed by atoms with van der Waals surface area (Å²) in [5.41, 5.74) is 0. The lowest BCUT2D eigenvalue weighted by molar-refractivity contribution is 0.585. The van der Waals surface area contributed by atoms with Gasteiger partial charge in [-0.05, 0) is 6.04 Å². The van der Waals surface area contributed by atoms with Gasteiger partial charge in [0.05, 0.1) is 0 Å². The zero-order chi connectivity index (χ0) is 9.94. The monoisotopic (exact) mass is 239 g/mol. The number of hydrogen-bond donors (Lipinski definition) is 0. The van der Waals surface area contributed by atoms with Crippen molar-refractivity contribution in [2.24, 2.45) is 0 Å². The van der Waals surface area contributed by atoms with Gasteiger partial charge in [-0.1, -0.05) is 58.3 Å². The fourth-order valence-electron chi connectivity index (χ4n) is 1.39. The van der Waals surface area contributed by atoms with Crippen molar-refractivity contribution in [1.29, 1.82) is 0 Å². The summed E-state index contributed by atoms with van der Waals surface area (Å²) in [6, 6.07) is 1.06. The van der Waals surface area contributed by atoms with Crippen LogP contribution in [-0.2, 0) is 0 Å². The summed E-state index contributed by atoms with van der Waals surface area (Å²) in [5.74, 6) is 0. The van der Waals surface area contributed by atoms with Crippen molar-refractivity contribution in [1.82, 2.24) is 0 Å². The molecule has 0 nitrogen and oxygen atoms in total. The smallest absolute Gasteiger partial charge is 0.147 e. The molecule has 0 saturated carbocycles. The predicted octanol–water partition coefficient (Wildman–Crippen LogP) is 5.09. The second-order valence-corrected chi connectivity index (χ2v) is 8.06. The zero-order valence-corrected chi connectivity index (χ0v) is 11.1. The van der Waals surface area contributed by atoms with E-state index in [1.165, 1.54) is 51.4 Å². The van der Waals surface area contributed by atoms with Crippen LogP contribution in [-0.4, -0.2) is 7.42 Å². The molecule has 0 unspecified atom stereocenters. The van der Waals surface area contributed by atoms with E-state index in [0.29, 0.717) is 0 Å². The SMILES string of the molecule is CCCCCCCCCC[Si](Cl)Cl. The van der Waals surface area contributed by atoms with Gasteiger partial charge in [-0.25, -0.2) is 0 Å². The molecule has 0 amide bonds. The maximum Gasteiger partial charge on any atom is 0.273 e. The average Bonchev–Trinajstić information content (AvgIpc) is 2.09. The Kier molecular flexibility index (Phi) is 11.5. The Hall–Kier alpha value is 0.797. The Morgan fingerprint density at radius 3 is 1.69 bits per heavy atom. The van der Waals surface area contributed by atoms with Crippen LogP contribution in [0.15, 0.2) is 0 Å². The quantitative estimate of drug-likeness (QED) is 0.299. The first-order chi connectivity index (χ1) is 6.27. The molecular formula is C10H21Cl2Si. The van der Waals surface area contributed by atoms with Crippen LogP contribution in [0.25, 0.3) is 0 Å². The summed E-state index contributed by atoms with van der Waals surface area (Å²) in [7, 11) is -0.991. The molecular weight excluding hydrogens is 219 g/mol. The summed E-state index contributed by atoms with van der Waals surface area (Å²) in [6.07, 6.45) is 10.9. The van der Waals surface area contributed by atoms with Crippen molar-refractivity contribution in [3.63, 3.8) is 0 Å². The molecule has 0 rings (SSSR count). The van der Waals surface area contributed by atoms with Gasteiger partial charge >= 0.3 is 0 Å². The lowest BCUT2D eigenvalue weighted by atomic mass is 10.1. The van der Waals surface area contributed by atoms with Crippen LogP contribution in [0.2, 0.25) is 6.04 Å². The maximum atomic E-state index is 5.73. The average molecular weight is 240 g/mol. The molecule has 0 aliphatic rings. The van der Waals surface area contributed by atoms with Crippen LogP contribution in [0.1, 0.15) is 58.3 Å². The van der Waals surface area contributed by atoms with Gasteiger partial charge in [0.2, 0.25) is 0 Å². The molecule has 1 radical (unpaired) electrons. The topological polar surface area (TPSA) is 0 Å². The van der Waals surface area contributed by atoms with E-state index in [1.54, 1.807) is 0 Å². The third-order valence-electron chi connectivity index (χ3n) is 2.22. The minimum absolute atomic E-state index is 0.991. The zero-order valence-electron chi connectivity index (χ0n) is 8.62. The minimum atomic E-state index is -0.991. The molecule has 0 aromatic rings. The number of halogens is 2. The van der Waals surface area contributed by atoms with E-state index in [4.69, 9.17) is 22.2 Å². The van der Waals surface area contributed by atoms with E-state index in [9.17, 15) is 0 Å². The van der Waals surface area contributed by atoms with Crippen molar-refractivity contribution in [3.8, 4) is 0 Å². The van der Waals surface area contributed by atoms with Gasteiger partial charge in [-0.2, -0.15) is 0 Å². The largest absolute Gasteiger partial charge is 0.273 e. The molecule has 0 saturated heterocycles. The van der Waals surface area contributed by atoms with Crippen LogP contribution >= 0.6 is 22.2 Å². The molecule has 13 heavy (non-hydrogen) atoms. The van der Waals surface area contributed by atoms with E-state index in [0.717, 1.165) is 6.04 Å². The van der Waals surface area contributed by atoms with Gasteiger partial charge < -0.3 is 0 Å². The molecule has 0 bridgehead atoms. The molecule has 79 valence electrons. The molecule has 0 atom stereocenters. The Bertz CT molecular complexity index is 96.9. The van der Waals surface area contributed by atoms with Crippen LogP contribution < -0.4 is 0 Å². The van der Waals surface area contributed by atoms with Gasteiger partial charge in [-0.15, -0.1) is 22.2 Å². The van der Waals surface area contributed by atoms with Crippen LogP contribution in [0.3, 0.4) is 0 Å². The molecule has 0 aromatic heterocycles. The fourth-order valence-corrected chi connectivity index (χ4v) is 2.71. The Morgan fingerprint density at radius 2 is 1.23 bits per heavy atom. The molecule has 3 heteroatoms. The summed E-state index contributed by atoms with van der Waals surface area (Å²) >= 11 is 11.5. The third-order valence-corrected chi connectivity index (χ3v) is 4.08. The first kappa shape index (κ1) is 13.8. The second-order valence-electron chi connectivity index (χ2n) is 3.56. The molecule has 0 spiro atoms. The van der Waals surface area contributed by atoms with Crippen molar-refractivity contribution in [2.45, 2.75) is 64.3 Å². The minimum Gasteiger partial charge on any atom is -0.147 e.